The van der Waals surface area contributed by atoms with Gasteiger partial charge in [-0.1, -0.05) is 23.7 Å². The summed E-state index contributed by atoms with van der Waals surface area (Å²) >= 11 is 7.21. The molecule has 0 unspecified atom stereocenters. The van der Waals surface area contributed by atoms with Gasteiger partial charge in [-0.2, -0.15) is 0 Å². The topological polar surface area (TPSA) is 83.6 Å². The zero-order chi connectivity index (χ0) is 17.2. The van der Waals surface area contributed by atoms with E-state index in [-0.39, 0.29) is 12.3 Å². The van der Waals surface area contributed by atoms with Crippen LogP contribution in [-0.4, -0.2) is 25.8 Å². The number of H-pyrrole nitrogens is 1. The average molecular weight is 370 g/mol. The largest absolute Gasteiger partial charge is 0.338 e. The van der Waals surface area contributed by atoms with E-state index in [0.29, 0.717) is 16.1 Å². The predicted molar refractivity (Wildman–Crippen MR) is 98.8 cm³/mol. The van der Waals surface area contributed by atoms with Gasteiger partial charge in [-0.25, -0.2) is 15.0 Å². The summed E-state index contributed by atoms with van der Waals surface area (Å²) in [7, 11) is 0. The molecule has 1 amide bonds. The average Bonchev–Trinajstić information content (AvgIpc) is 3.25. The van der Waals surface area contributed by atoms with Crippen molar-refractivity contribution in [2.75, 3.05) is 5.32 Å². The second kappa shape index (κ2) is 6.62. The molecule has 4 rings (SSSR count). The minimum Gasteiger partial charge on any atom is -0.338 e. The molecular formula is C17H12ClN5OS. The Morgan fingerprint density at radius 1 is 1.24 bits per heavy atom. The quantitative estimate of drug-likeness (QED) is 0.534. The van der Waals surface area contributed by atoms with Crippen LogP contribution in [0.5, 0.6) is 0 Å². The number of amides is 1. The first-order valence-electron chi connectivity index (χ1n) is 7.48. The molecule has 0 radical (unpaired) electrons. The van der Waals surface area contributed by atoms with Crippen LogP contribution in [0.15, 0.2) is 48.1 Å². The van der Waals surface area contributed by atoms with Crippen molar-refractivity contribution in [2.24, 2.45) is 0 Å². The van der Waals surface area contributed by atoms with Crippen LogP contribution in [-0.2, 0) is 11.2 Å². The van der Waals surface area contributed by atoms with Crippen molar-refractivity contribution in [1.82, 2.24) is 19.9 Å². The summed E-state index contributed by atoms with van der Waals surface area (Å²) in [5.74, 6) is 0.562. The Hall–Kier alpha value is -2.77. The van der Waals surface area contributed by atoms with E-state index < -0.39 is 0 Å². The van der Waals surface area contributed by atoms with Crippen molar-refractivity contribution < 1.29 is 4.79 Å². The van der Waals surface area contributed by atoms with Crippen LogP contribution in [0.2, 0.25) is 5.15 Å². The minimum atomic E-state index is -0.125. The van der Waals surface area contributed by atoms with Crippen molar-refractivity contribution in [3.63, 3.8) is 0 Å². The molecule has 1 aromatic carbocycles. The van der Waals surface area contributed by atoms with E-state index in [0.717, 1.165) is 22.2 Å². The fourth-order valence-electron chi connectivity index (χ4n) is 2.51. The van der Waals surface area contributed by atoms with Crippen LogP contribution in [0.1, 0.15) is 5.56 Å². The Bertz CT molecular complexity index is 1030. The van der Waals surface area contributed by atoms with Crippen molar-refractivity contribution in [1.29, 1.82) is 0 Å². The second-order valence-corrected chi connectivity index (χ2v) is 6.61. The maximum absolute atomic E-state index is 12.2. The third-order valence-electron chi connectivity index (χ3n) is 3.63. The molecule has 0 spiro atoms. The molecule has 8 heteroatoms. The lowest BCUT2D eigenvalue weighted by atomic mass is 10.1. The van der Waals surface area contributed by atoms with Crippen LogP contribution >= 0.6 is 22.9 Å². The number of nitrogens with one attached hydrogen (secondary N) is 2. The number of benzene rings is 1. The van der Waals surface area contributed by atoms with E-state index in [1.807, 2.05) is 29.6 Å². The number of imidazole rings is 1. The van der Waals surface area contributed by atoms with E-state index in [4.69, 9.17) is 11.6 Å². The summed E-state index contributed by atoms with van der Waals surface area (Å²) in [6.07, 6.45) is 3.54. The first kappa shape index (κ1) is 15.7. The van der Waals surface area contributed by atoms with Crippen LogP contribution in [0.3, 0.4) is 0 Å². The van der Waals surface area contributed by atoms with E-state index in [1.54, 1.807) is 18.5 Å². The third-order valence-corrected chi connectivity index (χ3v) is 4.54. The summed E-state index contributed by atoms with van der Waals surface area (Å²) < 4.78 is 0. The van der Waals surface area contributed by atoms with E-state index in [9.17, 15) is 4.79 Å². The molecule has 3 aromatic heterocycles. The molecule has 0 aliphatic heterocycles. The monoisotopic (exact) mass is 369 g/mol. The van der Waals surface area contributed by atoms with Crippen LogP contribution in [0, 0.1) is 0 Å². The molecule has 0 atom stereocenters. The van der Waals surface area contributed by atoms with Crippen molar-refractivity contribution in [3.8, 4) is 11.4 Å². The predicted octanol–water partition coefficient (Wildman–Crippen LogP) is 3.92. The third kappa shape index (κ3) is 3.38. The Kier molecular flexibility index (Phi) is 4.17. The minimum absolute atomic E-state index is 0.125. The van der Waals surface area contributed by atoms with Gasteiger partial charge in [0.05, 0.1) is 17.5 Å². The second-order valence-electron chi connectivity index (χ2n) is 5.33. The number of para-hydroxylation sites is 1. The number of pyridine rings is 1. The summed E-state index contributed by atoms with van der Waals surface area (Å²) in [6, 6.07) is 9.29. The number of aromatic nitrogens is 4. The van der Waals surface area contributed by atoms with E-state index in [1.165, 1.54) is 11.3 Å². The standard InChI is InChI=1S/C17H12ClN5OS/c18-13-5-4-11(9-20-13)16-21-12-3-1-2-10(15(12)23-16)8-14(24)22-17-19-6-7-25-17/h1-7,9H,8H2,(H,21,23)(H,19,22,24). The molecule has 0 bridgehead atoms. The zero-order valence-corrected chi connectivity index (χ0v) is 14.4. The number of fused-ring (bicyclic) bond motifs is 1. The number of thiazole rings is 1. The number of anilines is 1. The highest BCUT2D eigenvalue weighted by Crippen LogP contribution is 2.23. The van der Waals surface area contributed by atoms with Gasteiger partial charge in [0.25, 0.3) is 0 Å². The molecule has 6 nitrogen and oxygen atoms in total. The number of carbonyl (C=O) groups excluding carboxylic acids is 1. The van der Waals surface area contributed by atoms with Crippen molar-refractivity contribution in [3.05, 3.63) is 58.8 Å². The lowest BCUT2D eigenvalue weighted by Gasteiger charge is -2.02. The van der Waals surface area contributed by atoms with Crippen molar-refractivity contribution >= 4 is 45.0 Å². The maximum atomic E-state index is 12.2. The number of carbonyl (C=O) groups is 1. The lowest BCUT2D eigenvalue weighted by molar-refractivity contribution is -0.115. The van der Waals surface area contributed by atoms with Gasteiger partial charge >= 0.3 is 0 Å². The van der Waals surface area contributed by atoms with Gasteiger partial charge in [-0.15, -0.1) is 11.3 Å². The zero-order valence-electron chi connectivity index (χ0n) is 12.9. The fourth-order valence-corrected chi connectivity index (χ4v) is 3.17. The number of hydrogen-bond donors (Lipinski definition) is 2. The van der Waals surface area contributed by atoms with Crippen molar-refractivity contribution in [2.45, 2.75) is 6.42 Å². The molecule has 0 fully saturated rings. The molecule has 0 saturated heterocycles. The molecule has 3 heterocycles. The van der Waals surface area contributed by atoms with E-state index >= 15 is 0 Å². The molecule has 0 aliphatic rings. The smallest absolute Gasteiger partial charge is 0.230 e. The Balaban J connectivity index is 1.63. The van der Waals surface area contributed by atoms with Crippen LogP contribution in [0.4, 0.5) is 5.13 Å². The molecule has 0 saturated carbocycles. The number of halogens is 1. The SMILES string of the molecule is O=C(Cc1cccc2[nH]c(-c3ccc(Cl)nc3)nc12)Nc1nccs1. The number of nitrogens with zero attached hydrogens (tertiary/aromatic N) is 3. The van der Waals surface area contributed by atoms with Gasteiger partial charge < -0.3 is 10.3 Å². The van der Waals surface area contributed by atoms with Crippen LogP contribution < -0.4 is 5.32 Å². The molecule has 25 heavy (non-hydrogen) atoms. The van der Waals surface area contributed by atoms with E-state index in [2.05, 4.69) is 25.3 Å². The summed E-state index contributed by atoms with van der Waals surface area (Å²) in [4.78, 5) is 28.2. The van der Waals surface area contributed by atoms with Gasteiger partial charge in [0, 0.05) is 23.3 Å². The lowest BCUT2D eigenvalue weighted by Crippen LogP contribution is -2.14. The highest BCUT2D eigenvalue weighted by molar-refractivity contribution is 7.13. The van der Waals surface area contributed by atoms with Gasteiger partial charge in [-0.3, -0.25) is 4.79 Å². The Morgan fingerprint density at radius 2 is 2.16 bits per heavy atom. The van der Waals surface area contributed by atoms with Gasteiger partial charge in [-0.05, 0) is 23.8 Å². The fraction of sp³-hybridized carbons (Fsp3) is 0.0588. The molecule has 124 valence electrons. The van der Waals surface area contributed by atoms with Gasteiger partial charge in [0.2, 0.25) is 5.91 Å². The number of aromatic amines is 1. The first-order chi connectivity index (χ1) is 12.2. The summed E-state index contributed by atoms with van der Waals surface area (Å²) in [6.45, 7) is 0. The molecule has 2 N–H and O–H groups in total. The van der Waals surface area contributed by atoms with Gasteiger partial charge in [0.1, 0.15) is 11.0 Å². The summed E-state index contributed by atoms with van der Waals surface area (Å²) in [5, 5.41) is 5.62. The van der Waals surface area contributed by atoms with Crippen LogP contribution in [0.25, 0.3) is 22.4 Å². The Morgan fingerprint density at radius 3 is 2.92 bits per heavy atom. The van der Waals surface area contributed by atoms with Gasteiger partial charge in [0.15, 0.2) is 5.13 Å². The number of hydrogen-bond acceptors (Lipinski definition) is 5. The Labute approximate surface area is 151 Å². The molecular weight excluding hydrogens is 358 g/mol. The number of rotatable bonds is 4. The maximum Gasteiger partial charge on any atom is 0.230 e. The molecule has 4 aromatic rings. The highest BCUT2D eigenvalue weighted by atomic mass is 35.5. The normalized spacial score (nSPS) is 10.9. The first-order valence-corrected chi connectivity index (χ1v) is 8.74. The molecule has 0 aliphatic carbocycles. The highest BCUT2D eigenvalue weighted by Gasteiger charge is 2.13. The summed E-state index contributed by atoms with van der Waals surface area (Å²) in [5.41, 5.74) is 3.31.